The molecule has 29 aromatic rings. The number of nitrogens with zero attached hydrogens (tertiary/aromatic N) is 2. The maximum Gasteiger partial charge on any atom is 0.145 e. The lowest BCUT2D eigenvalue weighted by atomic mass is 9.83. The third kappa shape index (κ3) is 12.1. The molecule has 0 saturated carbocycles. The molecule has 1 aliphatic carbocycles. The quantitative estimate of drug-likeness (QED) is 0.135. The fourth-order valence-corrected chi connectivity index (χ4v) is 22.9. The SMILES string of the molecule is [2H]c1c([2H])c([2H])c(-c2c3ccccc3c(-c3ccc(-c4ccc5oc6ccccc6c5c4)c4ccccc34)c3ccccc23)c([2H])c1[2H].c1ccc(-c2ccc(-c3c4ccccc4c(-c4ccc5c6c(cccc46)-c4ccccc4-5)c4ccccc34)c3c2oc2ccccc23)cc1.c1ccc(-c2ccc(-c3c4ccccc4c(-n4c5ccccc5c5ccccc54)c4ccccc34)c3c2oc2ccccc23)nc1. The molecule has 0 spiro atoms. The van der Waals surface area contributed by atoms with E-state index in [2.05, 4.69) is 369 Å². The third-order valence-corrected chi connectivity index (χ3v) is 28.6. The molecule has 0 fully saturated rings. The van der Waals surface area contributed by atoms with Gasteiger partial charge in [-0.25, -0.2) is 0 Å². The first-order chi connectivity index (χ1) is 70.6. The van der Waals surface area contributed by atoms with E-state index in [9.17, 15) is 0 Å². The molecule has 30 rings (SSSR count). The second-order valence-corrected chi connectivity index (χ2v) is 35.8. The first-order valence-corrected chi connectivity index (χ1v) is 47.0. The van der Waals surface area contributed by atoms with Gasteiger partial charge in [-0.2, -0.15) is 0 Å². The van der Waals surface area contributed by atoms with Gasteiger partial charge in [0.1, 0.15) is 33.5 Å². The lowest BCUT2D eigenvalue weighted by Gasteiger charge is -2.20. The summed E-state index contributed by atoms with van der Waals surface area (Å²) in [7, 11) is 0. The van der Waals surface area contributed by atoms with Crippen molar-refractivity contribution in [3.8, 4) is 117 Å². The average Bonchev–Trinajstić information content (AvgIpc) is 1.57. The molecule has 0 atom stereocenters. The van der Waals surface area contributed by atoms with Crippen LogP contribution in [0.1, 0.15) is 6.85 Å². The Morgan fingerprint density at radius 3 is 1.07 bits per heavy atom. The zero-order valence-electron chi connectivity index (χ0n) is 79.4. The lowest BCUT2D eigenvalue weighted by Crippen LogP contribution is -1.99. The van der Waals surface area contributed by atoms with Crippen LogP contribution in [0.3, 0.4) is 0 Å². The molecule has 640 valence electrons. The van der Waals surface area contributed by atoms with Crippen molar-refractivity contribution < 1.29 is 20.1 Å². The second kappa shape index (κ2) is 31.7. The standard InChI is InChI=1S/C48H28O.C43H26N2O.C42H26O/c1-2-13-29(14-3-1)30-25-28-42(47-41-21-10-11-24-43(41)49-48(30)47)46-36-19-8-6-17-34(36)45(35-18-7-9-20-37(35)46)40-27-26-39-32-16-5-4-15-31(32)33-22-12-23-38(40)44(33)39;1-3-17-31-29(15-1)40(35-25-24-33(36-20-11-12-26-44-36)43-41(35)34-19-7-10-23-39(34)46-43)30-16-2-4-18-32(30)42(31)45-37-21-8-5-13-27(37)28-14-6-9-22-38(28)45;1-2-12-27(13-3-1)41-33-17-6-8-19-35(33)42(36-20-9-7-18-34(36)41)37-24-23-29(30-14-4-5-15-31(30)37)28-22-25-40-38(26-28)32-16-10-11-21-39(32)43-40/h1-28H;1-26H;1-26H/i;;1D,2D,3D,12D,13D. The summed E-state index contributed by atoms with van der Waals surface area (Å²) >= 11 is 0. The zero-order valence-corrected chi connectivity index (χ0v) is 74.4. The molecule has 0 unspecified atom stereocenters. The number of fused-ring (bicyclic) bond motifs is 22. The maximum atomic E-state index is 8.86. The summed E-state index contributed by atoms with van der Waals surface area (Å²) in [5.41, 5.74) is 30.8. The van der Waals surface area contributed by atoms with Gasteiger partial charge in [0.2, 0.25) is 0 Å². The molecule has 5 aromatic heterocycles. The Hall–Kier alpha value is -18.3. The first kappa shape index (κ1) is 73.3. The van der Waals surface area contributed by atoms with E-state index < -0.39 is 6.04 Å². The Morgan fingerprint density at radius 2 is 0.543 bits per heavy atom. The molecule has 24 aromatic carbocycles. The van der Waals surface area contributed by atoms with Crippen molar-refractivity contribution in [2.24, 2.45) is 0 Å². The summed E-state index contributed by atoms with van der Waals surface area (Å²) in [6.45, 7) is 0. The fourth-order valence-electron chi connectivity index (χ4n) is 22.9. The Balaban J connectivity index is 0.000000105. The lowest BCUT2D eigenvalue weighted by molar-refractivity contribution is 0.669. The molecule has 5 heterocycles. The van der Waals surface area contributed by atoms with Crippen LogP contribution in [-0.4, -0.2) is 9.55 Å². The van der Waals surface area contributed by atoms with E-state index in [4.69, 9.17) is 25.1 Å². The molecule has 0 bridgehead atoms. The average molecular weight is 1760 g/mol. The van der Waals surface area contributed by atoms with Gasteiger partial charge in [0, 0.05) is 71.2 Å². The Kier molecular flexibility index (Phi) is 16.8. The van der Waals surface area contributed by atoms with Crippen molar-refractivity contribution in [1.82, 2.24) is 9.55 Å². The van der Waals surface area contributed by atoms with Crippen molar-refractivity contribution in [2.45, 2.75) is 0 Å². The predicted octanol–water partition coefficient (Wildman–Crippen LogP) is 37.5. The van der Waals surface area contributed by atoms with E-state index in [0.29, 0.717) is 5.56 Å². The Labute approximate surface area is 800 Å². The van der Waals surface area contributed by atoms with E-state index in [1.807, 2.05) is 91.1 Å². The van der Waals surface area contributed by atoms with E-state index >= 15 is 0 Å². The molecule has 138 heavy (non-hydrogen) atoms. The van der Waals surface area contributed by atoms with Gasteiger partial charge in [0.05, 0.1) is 29.3 Å². The number of benzene rings is 24. The van der Waals surface area contributed by atoms with Gasteiger partial charge >= 0.3 is 0 Å². The highest BCUT2D eigenvalue weighted by Crippen LogP contribution is 2.56. The van der Waals surface area contributed by atoms with Gasteiger partial charge in [-0.15, -0.1) is 0 Å². The molecule has 0 aliphatic heterocycles. The Morgan fingerprint density at radius 1 is 0.188 bits per heavy atom. The van der Waals surface area contributed by atoms with E-state index in [-0.39, 0.29) is 29.7 Å². The number of hydrogen-bond acceptors (Lipinski definition) is 4. The van der Waals surface area contributed by atoms with Crippen molar-refractivity contribution in [1.29, 1.82) is 0 Å². The summed E-state index contributed by atoms with van der Waals surface area (Å²) in [5.74, 6) is 0. The largest absolute Gasteiger partial charge is 0.456 e. The van der Waals surface area contributed by atoms with Crippen molar-refractivity contribution in [3.05, 3.63) is 485 Å². The van der Waals surface area contributed by atoms with Crippen molar-refractivity contribution in [3.63, 3.8) is 0 Å². The van der Waals surface area contributed by atoms with Crippen LogP contribution in [0.25, 0.3) is 291 Å². The predicted molar refractivity (Wildman–Crippen MR) is 581 cm³/mol. The summed E-state index contributed by atoms with van der Waals surface area (Å²) < 4.78 is 64.7. The van der Waals surface area contributed by atoms with Crippen LogP contribution in [0, 0.1) is 0 Å². The number of aromatic nitrogens is 2. The van der Waals surface area contributed by atoms with E-state index in [1.54, 1.807) is 0 Å². The van der Waals surface area contributed by atoms with Gasteiger partial charge < -0.3 is 17.8 Å². The van der Waals surface area contributed by atoms with E-state index in [1.165, 1.54) is 131 Å². The van der Waals surface area contributed by atoms with Gasteiger partial charge in [-0.1, -0.05) is 412 Å². The summed E-state index contributed by atoms with van der Waals surface area (Å²) in [5, 5.41) is 27.4. The van der Waals surface area contributed by atoms with Gasteiger partial charge in [0.25, 0.3) is 0 Å². The normalized spacial score (nSPS) is 12.4. The maximum absolute atomic E-state index is 8.86. The molecular formula is C133H80N2O3. The van der Waals surface area contributed by atoms with Crippen LogP contribution in [0.4, 0.5) is 0 Å². The minimum absolute atomic E-state index is 0.207. The van der Waals surface area contributed by atoms with Crippen LogP contribution in [-0.2, 0) is 0 Å². The van der Waals surface area contributed by atoms with Crippen molar-refractivity contribution in [2.75, 3.05) is 0 Å². The molecular weight excluding hydrogens is 1670 g/mol. The summed E-state index contributed by atoms with van der Waals surface area (Å²) in [6, 6.07) is 158. The number of furan rings is 3. The van der Waals surface area contributed by atoms with Gasteiger partial charge in [0.15, 0.2) is 0 Å². The fraction of sp³-hybridized carbons (Fsp3) is 0. The highest BCUT2D eigenvalue weighted by atomic mass is 16.3. The topological polar surface area (TPSA) is 57.2 Å². The summed E-state index contributed by atoms with van der Waals surface area (Å²) in [6.07, 6.45) is 1.84. The molecule has 0 N–H and O–H groups in total. The molecule has 1 aliphatic rings. The minimum atomic E-state index is -0.398. The first-order valence-electron chi connectivity index (χ1n) is 49.5. The number of rotatable bonds is 9. The molecule has 0 amide bonds. The highest BCUT2D eigenvalue weighted by molar-refractivity contribution is 6.32. The molecule has 0 saturated heterocycles. The monoisotopic (exact) mass is 1760 g/mol. The van der Waals surface area contributed by atoms with Crippen LogP contribution in [0.15, 0.2) is 499 Å². The summed E-state index contributed by atoms with van der Waals surface area (Å²) in [4.78, 5) is 4.70. The number of hydrogen-bond donors (Lipinski definition) is 0. The molecule has 5 heteroatoms. The zero-order chi connectivity index (χ0) is 94.9. The smallest absolute Gasteiger partial charge is 0.145 e. The van der Waals surface area contributed by atoms with E-state index in [0.717, 1.165) is 148 Å². The van der Waals surface area contributed by atoms with Crippen LogP contribution >= 0.6 is 0 Å². The second-order valence-electron chi connectivity index (χ2n) is 35.8. The third-order valence-electron chi connectivity index (χ3n) is 28.6. The molecule has 0 radical (unpaired) electrons. The Bertz CT molecular complexity index is 10200. The van der Waals surface area contributed by atoms with Crippen LogP contribution in [0.5, 0.6) is 0 Å². The highest BCUT2D eigenvalue weighted by Gasteiger charge is 2.30. The van der Waals surface area contributed by atoms with Gasteiger partial charge in [-0.3, -0.25) is 4.98 Å². The number of para-hydroxylation sites is 5. The number of pyridine rings is 1. The van der Waals surface area contributed by atoms with Gasteiger partial charge in [-0.05, 0) is 237 Å². The van der Waals surface area contributed by atoms with Crippen LogP contribution in [0.2, 0.25) is 0 Å². The minimum Gasteiger partial charge on any atom is -0.456 e. The van der Waals surface area contributed by atoms with Crippen molar-refractivity contribution >= 4 is 174 Å². The van der Waals surface area contributed by atoms with Crippen LogP contribution < -0.4 is 0 Å². The molecule has 5 nitrogen and oxygen atoms in total.